The first-order chi connectivity index (χ1) is 12.7. The van der Waals surface area contributed by atoms with E-state index in [0.29, 0.717) is 22.9 Å². The second kappa shape index (κ2) is 8.11. The summed E-state index contributed by atoms with van der Waals surface area (Å²) in [5.41, 5.74) is 2.42. The third-order valence-electron chi connectivity index (χ3n) is 3.76. The van der Waals surface area contributed by atoms with Crippen LogP contribution in [0, 0.1) is 0 Å². The molecule has 0 unspecified atom stereocenters. The summed E-state index contributed by atoms with van der Waals surface area (Å²) >= 11 is 0. The van der Waals surface area contributed by atoms with Crippen LogP contribution in [0.4, 0.5) is 5.69 Å². The molecule has 0 fully saturated rings. The molecular formula is C18H19N5O3. The second-order valence-corrected chi connectivity index (χ2v) is 5.48. The van der Waals surface area contributed by atoms with Crippen molar-refractivity contribution in [3.05, 3.63) is 54.4 Å². The molecule has 26 heavy (non-hydrogen) atoms. The van der Waals surface area contributed by atoms with Crippen molar-refractivity contribution in [2.75, 3.05) is 19.0 Å². The molecule has 0 aliphatic carbocycles. The first-order valence-corrected chi connectivity index (χ1v) is 8.12. The van der Waals surface area contributed by atoms with Gasteiger partial charge in [-0.1, -0.05) is 19.1 Å². The van der Waals surface area contributed by atoms with E-state index < -0.39 is 0 Å². The Morgan fingerprint density at radius 2 is 2.00 bits per heavy atom. The maximum atomic E-state index is 12.1. The molecule has 0 saturated heterocycles. The number of methoxy groups -OCH3 is 1. The first kappa shape index (κ1) is 17.4. The van der Waals surface area contributed by atoms with Crippen LogP contribution in [0.2, 0.25) is 0 Å². The number of nitrogens with zero attached hydrogens (tertiary/aromatic N) is 4. The number of nitrogens with one attached hydrogen (secondary N) is 1. The van der Waals surface area contributed by atoms with Gasteiger partial charge in [0.15, 0.2) is 6.61 Å². The fourth-order valence-corrected chi connectivity index (χ4v) is 2.39. The largest absolute Gasteiger partial charge is 0.494 e. The van der Waals surface area contributed by atoms with Gasteiger partial charge in [0.1, 0.15) is 23.5 Å². The van der Waals surface area contributed by atoms with Gasteiger partial charge in [0, 0.05) is 5.69 Å². The fraction of sp³-hybridized carbons (Fsp3) is 0.222. The molecule has 1 heterocycles. The third kappa shape index (κ3) is 4.15. The lowest BCUT2D eigenvalue weighted by Crippen LogP contribution is -2.20. The molecule has 0 aliphatic rings. The number of carbonyl (C=O) groups excluding carboxylic acids is 1. The molecule has 1 N–H and O–H groups in total. The maximum Gasteiger partial charge on any atom is 0.262 e. The minimum Gasteiger partial charge on any atom is -0.494 e. The Bertz CT molecular complexity index is 863. The van der Waals surface area contributed by atoms with Crippen molar-refractivity contribution in [2.24, 2.45) is 0 Å². The summed E-state index contributed by atoms with van der Waals surface area (Å²) < 4.78 is 12.3. The fourth-order valence-electron chi connectivity index (χ4n) is 2.39. The average molecular weight is 353 g/mol. The van der Waals surface area contributed by atoms with E-state index in [9.17, 15) is 4.79 Å². The van der Waals surface area contributed by atoms with Gasteiger partial charge in [-0.05, 0) is 52.7 Å². The minimum absolute atomic E-state index is 0.0856. The topological polar surface area (TPSA) is 91.2 Å². The van der Waals surface area contributed by atoms with Crippen LogP contribution < -0.4 is 14.8 Å². The second-order valence-electron chi connectivity index (χ2n) is 5.48. The molecule has 3 aromatic rings. The molecule has 1 aromatic heterocycles. The van der Waals surface area contributed by atoms with Crippen molar-refractivity contribution in [1.82, 2.24) is 20.2 Å². The van der Waals surface area contributed by atoms with E-state index in [1.807, 2.05) is 24.3 Å². The molecule has 2 aromatic carbocycles. The maximum absolute atomic E-state index is 12.1. The smallest absolute Gasteiger partial charge is 0.262 e. The van der Waals surface area contributed by atoms with Gasteiger partial charge in [-0.3, -0.25) is 4.79 Å². The highest BCUT2D eigenvalue weighted by molar-refractivity contribution is 5.92. The van der Waals surface area contributed by atoms with E-state index in [0.717, 1.165) is 6.42 Å². The molecule has 0 atom stereocenters. The number of rotatable bonds is 7. The highest BCUT2D eigenvalue weighted by Gasteiger charge is 2.10. The van der Waals surface area contributed by atoms with Crippen molar-refractivity contribution in [3.8, 4) is 17.2 Å². The van der Waals surface area contributed by atoms with E-state index in [2.05, 4.69) is 27.8 Å². The van der Waals surface area contributed by atoms with Crippen molar-refractivity contribution >= 4 is 11.6 Å². The predicted octanol–water partition coefficient (Wildman–Crippen LogP) is 2.25. The Kier molecular flexibility index (Phi) is 5.43. The number of hydrogen-bond donors (Lipinski definition) is 1. The van der Waals surface area contributed by atoms with E-state index >= 15 is 0 Å². The molecule has 0 aliphatic heterocycles. The quantitative estimate of drug-likeness (QED) is 0.700. The van der Waals surface area contributed by atoms with Crippen LogP contribution in [0.3, 0.4) is 0 Å². The van der Waals surface area contributed by atoms with E-state index in [1.54, 1.807) is 25.3 Å². The number of tetrazole rings is 1. The molecule has 8 heteroatoms. The number of aryl methyl sites for hydroxylation is 1. The lowest BCUT2D eigenvalue weighted by atomic mass is 10.2. The van der Waals surface area contributed by atoms with E-state index in [-0.39, 0.29) is 12.5 Å². The summed E-state index contributed by atoms with van der Waals surface area (Å²) in [4.78, 5) is 12.1. The van der Waals surface area contributed by atoms with Crippen LogP contribution in [0.15, 0.2) is 48.8 Å². The number of benzene rings is 2. The summed E-state index contributed by atoms with van der Waals surface area (Å²) in [6, 6.07) is 12.9. The van der Waals surface area contributed by atoms with Crippen molar-refractivity contribution in [3.63, 3.8) is 0 Å². The SMILES string of the molecule is CCc1ccc(OCC(=O)Nc2ccc(OC)c(-n3cnnn3)c2)cc1. The van der Waals surface area contributed by atoms with Gasteiger partial charge in [0.05, 0.1) is 7.11 Å². The van der Waals surface area contributed by atoms with Gasteiger partial charge >= 0.3 is 0 Å². The number of carbonyl (C=O) groups is 1. The Balaban J connectivity index is 1.64. The molecule has 3 rings (SSSR count). The van der Waals surface area contributed by atoms with Crippen LogP contribution in [0.1, 0.15) is 12.5 Å². The van der Waals surface area contributed by atoms with Crippen LogP contribution in [-0.4, -0.2) is 39.8 Å². The molecule has 8 nitrogen and oxygen atoms in total. The summed E-state index contributed by atoms with van der Waals surface area (Å²) in [7, 11) is 1.55. The van der Waals surface area contributed by atoms with Gasteiger partial charge in [-0.25, -0.2) is 0 Å². The minimum atomic E-state index is -0.266. The van der Waals surface area contributed by atoms with Gasteiger partial charge in [-0.15, -0.1) is 5.10 Å². The summed E-state index contributed by atoms with van der Waals surface area (Å²) in [5, 5.41) is 13.8. The van der Waals surface area contributed by atoms with E-state index in [1.165, 1.54) is 16.6 Å². The summed E-state index contributed by atoms with van der Waals surface area (Å²) in [5.74, 6) is 0.974. The van der Waals surface area contributed by atoms with Gasteiger partial charge < -0.3 is 14.8 Å². The Hall–Kier alpha value is -3.42. The van der Waals surface area contributed by atoms with Gasteiger partial charge in [-0.2, -0.15) is 4.68 Å². The van der Waals surface area contributed by atoms with Crippen LogP contribution in [0.25, 0.3) is 5.69 Å². The zero-order valence-electron chi connectivity index (χ0n) is 14.5. The lowest BCUT2D eigenvalue weighted by molar-refractivity contribution is -0.118. The number of ether oxygens (including phenoxy) is 2. The Morgan fingerprint density at radius 1 is 1.19 bits per heavy atom. The number of amides is 1. The van der Waals surface area contributed by atoms with Gasteiger partial charge in [0.2, 0.25) is 0 Å². The van der Waals surface area contributed by atoms with Crippen molar-refractivity contribution in [1.29, 1.82) is 0 Å². The molecule has 1 amide bonds. The van der Waals surface area contributed by atoms with Crippen LogP contribution in [-0.2, 0) is 11.2 Å². The molecule has 134 valence electrons. The van der Waals surface area contributed by atoms with Crippen LogP contribution >= 0.6 is 0 Å². The van der Waals surface area contributed by atoms with Gasteiger partial charge in [0.25, 0.3) is 5.91 Å². The third-order valence-corrected chi connectivity index (χ3v) is 3.76. The van der Waals surface area contributed by atoms with Crippen molar-refractivity contribution in [2.45, 2.75) is 13.3 Å². The van der Waals surface area contributed by atoms with Crippen molar-refractivity contribution < 1.29 is 14.3 Å². The number of hydrogen-bond acceptors (Lipinski definition) is 6. The molecule has 0 radical (unpaired) electrons. The average Bonchev–Trinajstić information content (AvgIpc) is 3.21. The summed E-state index contributed by atoms with van der Waals surface area (Å²) in [6.07, 6.45) is 2.41. The standard InChI is InChI=1S/C18H19N5O3/c1-3-13-4-7-15(8-5-13)26-11-18(24)20-14-6-9-17(25-2)16(10-14)23-12-19-21-22-23/h4-10,12H,3,11H2,1-2H3,(H,20,24). The highest BCUT2D eigenvalue weighted by Crippen LogP contribution is 2.25. The normalized spacial score (nSPS) is 10.4. The molecular weight excluding hydrogens is 334 g/mol. The Morgan fingerprint density at radius 3 is 2.65 bits per heavy atom. The van der Waals surface area contributed by atoms with Crippen LogP contribution in [0.5, 0.6) is 11.5 Å². The first-order valence-electron chi connectivity index (χ1n) is 8.12. The number of aromatic nitrogens is 4. The highest BCUT2D eigenvalue weighted by atomic mass is 16.5. The molecule has 0 bridgehead atoms. The molecule has 0 spiro atoms. The van der Waals surface area contributed by atoms with E-state index in [4.69, 9.17) is 9.47 Å². The zero-order valence-corrected chi connectivity index (χ0v) is 14.5. The molecule has 0 saturated carbocycles. The summed E-state index contributed by atoms with van der Waals surface area (Å²) in [6.45, 7) is 2.00. The zero-order chi connectivity index (χ0) is 18.4. The Labute approximate surface area is 150 Å². The lowest BCUT2D eigenvalue weighted by Gasteiger charge is -2.11. The monoisotopic (exact) mass is 353 g/mol. The predicted molar refractivity (Wildman–Crippen MR) is 95.7 cm³/mol. The number of anilines is 1.